The first-order valence-electron chi connectivity index (χ1n) is 12.9. The number of amides is 1. The standard InChI is InChI=1S/C29H38FN3O2.ClH/c1-29(2,31)28(35)33-16-13-21(14-17-33)7-12-27(34)24-9-8-23-4-3-15-32(20-25(23)18-24)19-22-5-10-26(30)11-6-22;/h5-6,8-11,18,21H,3-4,7,12-17,19-20,31H2,1-2H3;1H. The molecule has 7 heteroatoms. The Labute approximate surface area is 220 Å². The van der Waals surface area contributed by atoms with Crippen LogP contribution in [0.1, 0.15) is 73.0 Å². The van der Waals surface area contributed by atoms with E-state index in [4.69, 9.17) is 5.73 Å². The first-order valence-corrected chi connectivity index (χ1v) is 12.9. The second-order valence-electron chi connectivity index (χ2n) is 10.8. The van der Waals surface area contributed by atoms with Crippen molar-refractivity contribution in [2.45, 2.75) is 71.0 Å². The van der Waals surface area contributed by atoms with Gasteiger partial charge >= 0.3 is 0 Å². The predicted molar refractivity (Wildman–Crippen MR) is 144 cm³/mol. The molecule has 1 amide bonds. The van der Waals surface area contributed by atoms with Crippen LogP contribution in [0.2, 0.25) is 0 Å². The van der Waals surface area contributed by atoms with Crippen molar-refractivity contribution in [1.82, 2.24) is 9.80 Å². The molecule has 4 rings (SSSR count). The van der Waals surface area contributed by atoms with Crippen LogP contribution in [0, 0.1) is 11.7 Å². The molecule has 2 aromatic carbocycles. The minimum Gasteiger partial charge on any atom is -0.341 e. The maximum atomic E-state index is 13.3. The zero-order valence-electron chi connectivity index (χ0n) is 21.5. The summed E-state index contributed by atoms with van der Waals surface area (Å²) in [6.45, 7) is 7.52. The summed E-state index contributed by atoms with van der Waals surface area (Å²) < 4.78 is 13.3. The number of nitrogens with two attached hydrogens (primary N) is 1. The maximum Gasteiger partial charge on any atom is 0.242 e. The monoisotopic (exact) mass is 515 g/mol. The van der Waals surface area contributed by atoms with Gasteiger partial charge in [0.05, 0.1) is 5.54 Å². The quantitative estimate of drug-likeness (QED) is 0.519. The molecule has 0 bridgehead atoms. The van der Waals surface area contributed by atoms with Gasteiger partial charge in [0.25, 0.3) is 0 Å². The maximum absolute atomic E-state index is 13.3. The van der Waals surface area contributed by atoms with Crippen LogP contribution in [0.3, 0.4) is 0 Å². The average molecular weight is 516 g/mol. The minimum atomic E-state index is -0.831. The molecule has 2 aliphatic heterocycles. The van der Waals surface area contributed by atoms with Crippen LogP contribution in [0.4, 0.5) is 4.39 Å². The number of hydrogen-bond acceptors (Lipinski definition) is 4. The van der Waals surface area contributed by atoms with Gasteiger partial charge in [-0.3, -0.25) is 14.5 Å². The third kappa shape index (κ3) is 7.37. The molecular weight excluding hydrogens is 477 g/mol. The van der Waals surface area contributed by atoms with Gasteiger partial charge in [0.1, 0.15) is 5.82 Å². The lowest BCUT2D eigenvalue weighted by Gasteiger charge is -2.35. The molecule has 2 N–H and O–H groups in total. The molecule has 2 aliphatic rings. The summed E-state index contributed by atoms with van der Waals surface area (Å²) in [6.07, 6.45) is 5.35. The third-order valence-corrected chi connectivity index (χ3v) is 7.39. The minimum absolute atomic E-state index is 0. The van der Waals surface area contributed by atoms with E-state index in [1.165, 1.54) is 23.3 Å². The number of halogens is 2. The van der Waals surface area contributed by atoms with E-state index in [1.807, 2.05) is 23.1 Å². The van der Waals surface area contributed by atoms with Crippen molar-refractivity contribution in [3.8, 4) is 0 Å². The van der Waals surface area contributed by atoms with Crippen molar-refractivity contribution in [2.75, 3.05) is 19.6 Å². The molecule has 2 heterocycles. The number of aryl methyl sites for hydroxylation is 1. The SMILES string of the molecule is CC(C)(N)C(=O)N1CCC(CCC(=O)c2ccc3c(c2)CN(Cc2ccc(F)cc2)CCC3)CC1.Cl. The molecule has 36 heavy (non-hydrogen) atoms. The highest BCUT2D eigenvalue weighted by atomic mass is 35.5. The number of Topliss-reactive ketones (excluding diaryl/α,β-unsaturated/α-hetero) is 1. The molecular formula is C29H39ClFN3O2. The fraction of sp³-hybridized carbons (Fsp3) is 0.517. The largest absolute Gasteiger partial charge is 0.341 e. The summed E-state index contributed by atoms with van der Waals surface area (Å²) in [4.78, 5) is 29.7. The van der Waals surface area contributed by atoms with Crippen LogP contribution < -0.4 is 5.73 Å². The molecule has 0 aromatic heterocycles. The molecule has 1 saturated heterocycles. The Hall–Kier alpha value is -2.28. The summed E-state index contributed by atoms with van der Waals surface area (Å²) in [5.41, 5.74) is 9.58. The Morgan fingerprint density at radius 2 is 1.72 bits per heavy atom. The van der Waals surface area contributed by atoms with Gasteiger partial charge in [-0.1, -0.05) is 24.3 Å². The summed E-state index contributed by atoms with van der Waals surface area (Å²) in [5.74, 6) is 0.460. The second-order valence-corrected chi connectivity index (χ2v) is 10.8. The molecule has 2 aromatic rings. The molecule has 0 atom stereocenters. The van der Waals surface area contributed by atoms with E-state index in [0.717, 1.165) is 76.0 Å². The van der Waals surface area contributed by atoms with Gasteiger partial charge in [-0.25, -0.2) is 4.39 Å². The van der Waals surface area contributed by atoms with E-state index in [2.05, 4.69) is 17.0 Å². The van der Waals surface area contributed by atoms with Crippen LogP contribution in [-0.4, -0.2) is 46.7 Å². The molecule has 1 fully saturated rings. The predicted octanol–water partition coefficient (Wildman–Crippen LogP) is 5.13. The number of carbonyl (C=O) groups is 2. The van der Waals surface area contributed by atoms with Gasteiger partial charge in [0, 0.05) is 38.2 Å². The van der Waals surface area contributed by atoms with E-state index in [1.54, 1.807) is 13.8 Å². The van der Waals surface area contributed by atoms with Crippen molar-refractivity contribution >= 4 is 24.1 Å². The Bertz CT molecular complexity index is 1040. The van der Waals surface area contributed by atoms with Crippen molar-refractivity contribution in [2.24, 2.45) is 11.7 Å². The Morgan fingerprint density at radius 1 is 1.03 bits per heavy atom. The zero-order valence-corrected chi connectivity index (χ0v) is 22.3. The lowest BCUT2D eigenvalue weighted by Crippen LogP contribution is -2.53. The van der Waals surface area contributed by atoms with E-state index in [9.17, 15) is 14.0 Å². The van der Waals surface area contributed by atoms with E-state index >= 15 is 0 Å². The van der Waals surface area contributed by atoms with Gasteiger partial charge in [0.2, 0.25) is 5.91 Å². The van der Waals surface area contributed by atoms with Crippen molar-refractivity contribution in [3.63, 3.8) is 0 Å². The van der Waals surface area contributed by atoms with Crippen LogP contribution in [0.25, 0.3) is 0 Å². The number of ketones is 1. The lowest BCUT2D eigenvalue weighted by molar-refractivity contribution is -0.137. The van der Waals surface area contributed by atoms with Gasteiger partial charge in [-0.15, -0.1) is 12.4 Å². The molecule has 0 aliphatic carbocycles. The van der Waals surface area contributed by atoms with Crippen molar-refractivity contribution in [1.29, 1.82) is 0 Å². The van der Waals surface area contributed by atoms with Crippen molar-refractivity contribution < 1.29 is 14.0 Å². The zero-order chi connectivity index (χ0) is 25.0. The Kier molecular flexibility index (Phi) is 9.67. The van der Waals surface area contributed by atoms with Crippen LogP contribution >= 0.6 is 12.4 Å². The van der Waals surface area contributed by atoms with Gasteiger partial charge in [-0.2, -0.15) is 0 Å². The fourth-order valence-electron chi connectivity index (χ4n) is 5.30. The number of likely N-dealkylation sites (tertiary alicyclic amines) is 1. The number of rotatable bonds is 7. The molecule has 196 valence electrons. The number of hydrogen-bond donors (Lipinski definition) is 1. The van der Waals surface area contributed by atoms with E-state index in [0.29, 0.717) is 12.3 Å². The molecule has 0 unspecified atom stereocenters. The third-order valence-electron chi connectivity index (χ3n) is 7.39. The fourth-order valence-corrected chi connectivity index (χ4v) is 5.30. The first-order chi connectivity index (χ1) is 16.7. The number of piperidine rings is 1. The smallest absolute Gasteiger partial charge is 0.242 e. The molecule has 0 spiro atoms. The lowest BCUT2D eigenvalue weighted by atomic mass is 9.89. The average Bonchev–Trinajstić information content (AvgIpc) is 3.04. The summed E-state index contributed by atoms with van der Waals surface area (Å²) in [6, 6.07) is 12.9. The number of carbonyl (C=O) groups excluding carboxylic acids is 2. The highest BCUT2D eigenvalue weighted by Crippen LogP contribution is 2.26. The van der Waals surface area contributed by atoms with Gasteiger partial charge in [0.15, 0.2) is 5.78 Å². The van der Waals surface area contributed by atoms with Gasteiger partial charge < -0.3 is 10.6 Å². The van der Waals surface area contributed by atoms with Crippen molar-refractivity contribution in [3.05, 3.63) is 70.5 Å². The highest BCUT2D eigenvalue weighted by Gasteiger charge is 2.31. The summed E-state index contributed by atoms with van der Waals surface area (Å²) >= 11 is 0. The Morgan fingerprint density at radius 3 is 2.39 bits per heavy atom. The normalized spacial score (nSPS) is 17.2. The van der Waals surface area contributed by atoms with E-state index in [-0.39, 0.29) is 29.9 Å². The van der Waals surface area contributed by atoms with Crippen LogP contribution in [-0.2, 0) is 24.3 Å². The number of benzene rings is 2. The topological polar surface area (TPSA) is 66.6 Å². The molecule has 5 nitrogen and oxygen atoms in total. The van der Waals surface area contributed by atoms with E-state index < -0.39 is 5.54 Å². The second kappa shape index (κ2) is 12.3. The number of fused-ring (bicyclic) bond motifs is 1. The first kappa shape index (κ1) is 28.3. The van der Waals surface area contributed by atoms with Crippen LogP contribution in [0.5, 0.6) is 0 Å². The summed E-state index contributed by atoms with van der Waals surface area (Å²) in [5, 5.41) is 0. The Balaban J connectivity index is 0.00000361. The molecule has 0 saturated carbocycles. The molecule has 0 radical (unpaired) electrons. The van der Waals surface area contributed by atoms with Gasteiger partial charge in [-0.05, 0) is 93.3 Å². The summed E-state index contributed by atoms with van der Waals surface area (Å²) in [7, 11) is 0. The van der Waals surface area contributed by atoms with Crippen LogP contribution in [0.15, 0.2) is 42.5 Å². The highest BCUT2D eigenvalue weighted by molar-refractivity contribution is 5.96. The number of nitrogens with zero attached hydrogens (tertiary/aromatic N) is 2.